The Morgan fingerprint density at radius 2 is 2.24 bits per heavy atom. The monoisotopic (exact) mass is 231 g/mol. The van der Waals surface area contributed by atoms with E-state index in [9.17, 15) is 4.79 Å². The summed E-state index contributed by atoms with van der Waals surface area (Å²) in [5.74, 6) is 0.312. The minimum Gasteiger partial charge on any atom is -0.386 e. The molecular weight excluding hydrogens is 218 g/mol. The molecule has 0 radical (unpaired) electrons. The number of carbonyl (C=O) groups excluding carboxylic acids is 1. The van der Waals surface area contributed by atoms with E-state index in [0.717, 1.165) is 0 Å². The smallest absolute Gasteiger partial charge is 0.259 e. The van der Waals surface area contributed by atoms with E-state index < -0.39 is 0 Å². The molecule has 0 aliphatic heterocycles. The van der Waals surface area contributed by atoms with E-state index in [1.807, 2.05) is 0 Å². The molecule has 17 heavy (non-hydrogen) atoms. The van der Waals surface area contributed by atoms with Crippen molar-refractivity contribution in [2.45, 2.75) is 0 Å². The number of pyridine rings is 1. The molecule has 0 atom stereocenters. The molecule has 0 saturated heterocycles. The average Bonchev–Trinajstić information content (AvgIpc) is 2.74. The Balaban J connectivity index is 2.20. The first-order valence-electron chi connectivity index (χ1n) is 5.13. The van der Waals surface area contributed by atoms with Crippen LogP contribution in [0, 0.1) is 0 Å². The van der Waals surface area contributed by atoms with Gasteiger partial charge in [0.15, 0.2) is 5.82 Å². The van der Waals surface area contributed by atoms with Crippen molar-refractivity contribution in [2.75, 3.05) is 17.7 Å². The number of anilines is 2. The standard InChI is InChI=1S/C11H13N5O/c1-12-9-7-13-5-3-8(9)11(17)14-10-4-6-16(2)15-10/h3-7,12H,1-2H3,(H,14,15,17). The lowest BCUT2D eigenvalue weighted by atomic mass is 10.2. The Labute approximate surface area is 98.7 Å². The Morgan fingerprint density at radius 3 is 2.88 bits per heavy atom. The summed E-state index contributed by atoms with van der Waals surface area (Å²) in [5.41, 5.74) is 1.22. The van der Waals surface area contributed by atoms with Crippen molar-refractivity contribution in [3.63, 3.8) is 0 Å². The Bertz CT molecular complexity index is 534. The van der Waals surface area contributed by atoms with Gasteiger partial charge in [-0.1, -0.05) is 0 Å². The SMILES string of the molecule is CNc1cnccc1C(=O)Nc1ccn(C)n1. The number of carbonyl (C=O) groups is 1. The molecule has 0 fully saturated rings. The van der Waals surface area contributed by atoms with Gasteiger partial charge in [-0.3, -0.25) is 14.5 Å². The van der Waals surface area contributed by atoms with E-state index >= 15 is 0 Å². The largest absolute Gasteiger partial charge is 0.386 e. The summed E-state index contributed by atoms with van der Waals surface area (Å²) in [6.07, 6.45) is 4.95. The lowest BCUT2D eigenvalue weighted by molar-refractivity contribution is 0.102. The van der Waals surface area contributed by atoms with Crippen LogP contribution in [0.5, 0.6) is 0 Å². The third-order valence-corrected chi connectivity index (χ3v) is 2.29. The van der Waals surface area contributed by atoms with Crippen LogP contribution >= 0.6 is 0 Å². The predicted octanol–water partition coefficient (Wildman–Crippen LogP) is 1.11. The number of aryl methyl sites for hydroxylation is 1. The summed E-state index contributed by atoms with van der Waals surface area (Å²) >= 11 is 0. The third-order valence-electron chi connectivity index (χ3n) is 2.29. The van der Waals surface area contributed by atoms with E-state index in [0.29, 0.717) is 17.1 Å². The quantitative estimate of drug-likeness (QED) is 0.830. The highest BCUT2D eigenvalue weighted by Gasteiger charge is 2.11. The minimum atomic E-state index is -0.213. The van der Waals surface area contributed by atoms with Gasteiger partial charge in [0.2, 0.25) is 0 Å². The molecule has 2 N–H and O–H groups in total. The van der Waals surface area contributed by atoms with Gasteiger partial charge in [0.05, 0.1) is 17.4 Å². The van der Waals surface area contributed by atoms with Crippen LogP contribution in [0.1, 0.15) is 10.4 Å². The number of amides is 1. The normalized spacial score (nSPS) is 10.0. The number of hydrogen-bond acceptors (Lipinski definition) is 4. The highest BCUT2D eigenvalue weighted by atomic mass is 16.1. The first-order chi connectivity index (χ1) is 8.20. The van der Waals surface area contributed by atoms with E-state index in [1.54, 1.807) is 49.5 Å². The molecule has 0 unspecified atom stereocenters. The fourth-order valence-corrected chi connectivity index (χ4v) is 1.46. The van der Waals surface area contributed by atoms with Gasteiger partial charge in [0.25, 0.3) is 5.91 Å². The lowest BCUT2D eigenvalue weighted by Gasteiger charge is -2.07. The summed E-state index contributed by atoms with van der Waals surface area (Å²) in [6, 6.07) is 3.39. The molecule has 6 heteroatoms. The van der Waals surface area contributed by atoms with Crippen LogP contribution in [-0.2, 0) is 7.05 Å². The molecule has 2 aromatic rings. The van der Waals surface area contributed by atoms with Gasteiger partial charge in [0.1, 0.15) is 0 Å². The van der Waals surface area contributed by atoms with Crippen molar-refractivity contribution >= 4 is 17.4 Å². The number of nitrogens with one attached hydrogen (secondary N) is 2. The van der Waals surface area contributed by atoms with Gasteiger partial charge in [-0.2, -0.15) is 5.10 Å². The second kappa shape index (κ2) is 4.65. The third kappa shape index (κ3) is 2.41. The maximum atomic E-state index is 12.0. The summed E-state index contributed by atoms with van der Waals surface area (Å²) in [7, 11) is 3.54. The predicted molar refractivity (Wildman–Crippen MR) is 64.9 cm³/mol. The second-order valence-electron chi connectivity index (χ2n) is 3.50. The lowest BCUT2D eigenvalue weighted by Crippen LogP contribution is -2.14. The van der Waals surface area contributed by atoms with Gasteiger partial charge >= 0.3 is 0 Å². The van der Waals surface area contributed by atoms with Crippen LogP contribution in [0.25, 0.3) is 0 Å². The van der Waals surface area contributed by atoms with Crippen molar-refractivity contribution in [1.82, 2.24) is 14.8 Å². The zero-order valence-electron chi connectivity index (χ0n) is 9.64. The molecule has 2 heterocycles. The number of nitrogens with zero attached hydrogens (tertiary/aromatic N) is 3. The van der Waals surface area contributed by atoms with Gasteiger partial charge in [-0.15, -0.1) is 0 Å². The molecule has 0 aromatic carbocycles. The van der Waals surface area contributed by atoms with Gasteiger partial charge < -0.3 is 10.6 Å². The summed E-state index contributed by atoms with van der Waals surface area (Å²) in [5, 5.41) is 9.71. The number of rotatable bonds is 3. The Hall–Kier alpha value is -2.37. The van der Waals surface area contributed by atoms with Crippen molar-refractivity contribution < 1.29 is 4.79 Å². The molecule has 2 rings (SSSR count). The molecule has 0 aliphatic carbocycles. The van der Waals surface area contributed by atoms with Crippen molar-refractivity contribution in [1.29, 1.82) is 0 Å². The first-order valence-corrected chi connectivity index (χ1v) is 5.13. The molecule has 2 aromatic heterocycles. The van der Waals surface area contributed by atoms with Crippen LogP contribution < -0.4 is 10.6 Å². The van der Waals surface area contributed by atoms with Gasteiger partial charge in [0, 0.05) is 32.6 Å². The second-order valence-corrected chi connectivity index (χ2v) is 3.50. The van der Waals surface area contributed by atoms with E-state index in [2.05, 4.69) is 20.7 Å². The number of aromatic nitrogens is 3. The Kier molecular flexibility index (Phi) is 3.04. The van der Waals surface area contributed by atoms with Crippen LogP contribution in [0.15, 0.2) is 30.7 Å². The fourth-order valence-electron chi connectivity index (χ4n) is 1.46. The van der Waals surface area contributed by atoms with Crippen LogP contribution in [0.4, 0.5) is 11.5 Å². The van der Waals surface area contributed by atoms with E-state index in [-0.39, 0.29) is 5.91 Å². The molecule has 0 saturated carbocycles. The van der Waals surface area contributed by atoms with Crippen LogP contribution in [0.2, 0.25) is 0 Å². The first kappa shape index (κ1) is 11.1. The molecule has 0 spiro atoms. The van der Waals surface area contributed by atoms with Crippen LogP contribution in [0.3, 0.4) is 0 Å². The maximum absolute atomic E-state index is 12.0. The highest BCUT2D eigenvalue weighted by Crippen LogP contribution is 2.14. The Morgan fingerprint density at radius 1 is 1.41 bits per heavy atom. The van der Waals surface area contributed by atoms with Gasteiger partial charge in [-0.05, 0) is 6.07 Å². The minimum absolute atomic E-state index is 0.213. The van der Waals surface area contributed by atoms with Crippen molar-refractivity contribution in [3.05, 3.63) is 36.3 Å². The van der Waals surface area contributed by atoms with Crippen LogP contribution in [-0.4, -0.2) is 27.7 Å². The molecule has 0 bridgehead atoms. The topological polar surface area (TPSA) is 71.8 Å². The van der Waals surface area contributed by atoms with E-state index in [1.165, 1.54) is 0 Å². The molecule has 6 nitrogen and oxygen atoms in total. The zero-order chi connectivity index (χ0) is 12.3. The molecular formula is C11H13N5O. The highest BCUT2D eigenvalue weighted by molar-refractivity contribution is 6.07. The summed E-state index contributed by atoms with van der Waals surface area (Å²) in [6.45, 7) is 0. The molecule has 0 aliphatic rings. The fraction of sp³-hybridized carbons (Fsp3) is 0.182. The zero-order valence-corrected chi connectivity index (χ0v) is 9.64. The average molecular weight is 231 g/mol. The molecule has 1 amide bonds. The van der Waals surface area contributed by atoms with Crippen molar-refractivity contribution in [3.8, 4) is 0 Å². The number of hydrogen-bond donors (Lipinski definition) is 2. The maximum Gasteiger partial charge on any atom is 0.259 e. The van der Waals surface area contributed by atoms with Gasteiger partial charge in [-0.25, -0.2) is 0 Å². The summed E-state index contributed by atoms with van der Waals surface area (Å²) in [4.78, 5) is 15.9. The summed E-state index contributed by atoms with van der Waals surface area (Å²) < 4.78 is 1.63. The van der Waals surface area contributed by atoms with E-state index in [4.69, 9.17) is 0 Å². The molecule has 88 valence electrons. The van der Waals surface area contributed by atoms with Crippen molar-refractivity contribution in [2.24, 2.45) is 7.05 Å².